The largest absolute Gasteiger partial charge is 0.481 e. The normalized spacial score (nSPS) is 19.3. The monoisotopic (exact) mass is 311 g/mol. The Hall–Kier alpha value is -1.40. The van der Waals surface area contributed by atoms with E-state index < -0.39 is 21.2 Å². The number of carbonyl (C=O) groups is 1. The van der Waals surface area contributed by atoms with Gasteiger partial charge in [-0.05, 0) is 31.5 Å². The number of piperidine rings is 1. The maximum Gasteiger partial charge on any atom is 0.314 e. The van der Waals surface area contributed by atoms with Crippen molar-refractivity contribution in [2.75, 3.05) is 31.6 Å². The van der Waals surface area contributed by atoms with E-state index in [1.165, 1.54) is 6.26 Å². The van der Waals surface area contributed by atoms with Crippen LogP contribution in [0.1, 0.15) is 18.4 Å². The molecular formula is C15H21NO4S. The Bertz CT molecular complexity index is 589. The first-order chi connectivity index (χ1) is 9.83. The number of carboxylic acid groups (broad SMARTS) is 1. The predicted octanol–water partition coefficient (Wildman–Crippen LogP) is 1.15. The molecule has 1 aromatic rings. The second-order valence-electron chi connectivity index (χ2n) is 5.72. The number of benzene rings is 1. The highest BCUT2D eigenvalue weighted by molar-refractivity contribution is 7.90. The van der Waals surface area contributed by atoms with E-state index in [0.717, 1.165) is 5.56 Å². The van der Waals surface area contributed by atoms with Gasteiger partial charge in [-0.25, -0.2) is 8.42 Å². The topological polar surface area (TPSA) is 74.7 Å². The van der Waals surface area contributed by atoms with Gasteiger partial charge in [-0.3, -0.25) is 4.79 Å². The van der Waals surface area contributed by atoms with Crippen LogP contribution in [0.3, 0.4) is 0 Å². The molecular weight excluding hydrogens is 290 g/mol. The summed E-state index contributed by atoms with van der Waals surface area (Å²) in [5.74, 6) is -0.672. The number of sulfone groups is 1. The van der Waals surface area contributed by atoms with E-state index in [9.17, 15) is 18.3 Å². The molecule has 21 heavy (non-hydrogen) atoms. The highest BCUT2D eigenvalue weighted by Gasteiger charge is 2.42. The summed E-state index contributed by atoms with van der Waals surface area (Å²) in [7, 11) is -2.98. The average Bonchev–Trinajstić information content (AvgIpc) is 2.45. The SMILES string of the molecule is CS(=O)(=O)CCN1CCC(C(=O)O)(c2ccccc2)CC1. The summed E-state index contributed by atoms with van der Waals surface area (Å²) < 4.78 is 22.4. The maximum atomic E-state index is 11.8. The molecule has 1 heterocycles. The zero-order chi connectivity index (χ0) is 15.5. The van der Waals surface area contributed by atoms with Crippen LogP contribution in [0, 0.1) is 0 Å². The quantitative estimate of drug-likeness (QED) is 0.883. The Kier molecular flexibility index (Phi) is 4.68. The van der Waals surface area contributed by atoms with Crippen molar-refractivity contribution in [2.24, 2.45) is 0 Å². The molecule has 0 bridgehead atoms. The fraction of sp³-hybridized carbons (Fsp3) is 0.533. The van der Waals surface area contributed by atoms with E-state index >= 15 is 0 Å². The molecule has 5 nitrogen and oxygen atoms in total. The van der Waals surface area contributed by atoms with E-state index in [2.05, 4.69) is 0 Å². The minimum atomic E-state index is -2.98. The molecule has 1 N–H and O–H groups in total. The third kappa shape index (κ3) is 3.83. The molecule has 0 aromatic heterocycles. The van der Waals surface area contributed by atoms with Crippen molar-refractivity contribution in [3.63, 3.8) is 0 Å². The summed E-state index contributed by atoms with van der Waals surface area (Å²) in [4.78, 5) is 13.8. The van der Waals surface area contributed by atoms with E-state index in [1.807, 2.05) is 35.2 Å². The first kappa shape index (κ1) is 16.0. The van der Waals surface area contributed by atoms with Crippen LogP contribution >= 0.6 is 0 Å². The van der Waals surface area contributed by atoms with Gasteiger partial charge >= 0.3 is 5.97 Å². The Labute approximate surface area is 125 Å². The van der Waals surface area contributed by atoms with Crippen LogP contribution in [0.5, 0.6) is 0 Å². The predicted molar refractivity (Wildman–Crippen MR) is 81.1 cm³/mol. The summed E-state index contributed by atoms with van der Waals surface area (Å²) in [6.45, 7) is 1.69. The number of carboxylic acids is 1. The zero-order valence-corrected chi connectivity index (χ0v) is 13.0. The molecule has 6 heteroatoms. The van der Waals surface area contributed by atoms with E-state index in [0.29, 0.717) is 32.5 Å². The molecule has 1 aliphatic heterocycles. The number of hydrogen-bond donors (Lipinski definition) is 1. The summed E-state index contributed by atoms with van der Waals surface area (Å²) in [6, 6.07) is 9.31. The fourth-order valence-electron chi connectivity index (χ4n) is 2.84. The molecule has 1 fully saturated rings. The van der Waals surface area contributed by atoms with Gasteiger partial charge in [0.2, 0.25) is 0 Å². The van der Waals surface area contributed by atoms with Crippen LogP contribution < -0.4 is 0 Å². The lowest BCUT2D eigenvalue weighted by Crippen LogP contribution is -2.48. The van der Waals surface area contributed by atoms with Crippen molar-refractivity contribution in [1.82, 2.24) is 4.90 Å². The molecule has 1 saturated heterocycles. The molecule has 0 atom stereocenters. The van der Waals surface area contributed by atoms with Gasteiger partial charge in [-0.2, -0.15) is 0 Å². The Morgan fingerprint density at radius 2 is 1.81 bits per heavy atom. The van der Waals surface area contributed by atoms with E-state index in [1.54, 1.807) is 0 Å². The molecule has 116 valence electrons. The lowest BCUT2D eigenvalue weighted by atomic mass is 9.73. The standard InChI is InChI=1S/C15H21NO4S/c1-21(19,20)12-11-16-9-7-15(8-10-16,14(17)18)13-5-3-2-4-6-13/h2-6H,7-12H2,1H3,(H,17,18). The van der Waals surface area contributed by atoms with E-state index in [4.69, 9.17) is 0 Å². The molecule has 0 unspecified atom stereocenters. The first-order valence-corrected chi connectivity index (χ1v) is 9.08. The van der Waals surface area contributed by atoms with Crippen molar-refractivity contribution >= 4 is 15.8 Å². The van der Waals surface area contributed by atoms with E-state index in [-0.39, 0.29) is 5.75 Å². The third-order valence-corrected chi connectivity index (χ3v) is 5.15. The Balaban J connectivity index is 2.07. The molecule has 2 rings (SSSR count). The van der Waals surface area contributed by atoms with Crippen LogP contribution in [0.25, 0.3) is 0 Å². The van der Waals surface area contributed by atoms with Crippen molar-refractivity contribution in [1.29, 1.82) is 0 Å². The number of hydrogen-bond acceptors (Lipinski definition) is 4. The van der Waals surface area contributed by atoms with Gasteiger partial charge in [0, 0.05) is 12.8 Å². The number of likely N-dealkylation sites (tertiary alicyclic amines) is 1. The molecule has 1 aromatic carbocycles. The molecule has 0 radical (unpaired) electrons. The second-order valence-corrected chi connectivity index (χ2v) is 7.98. The van der Waals surface area contributed by atoms with Gasteiger partial charge in [0.1, 0.15) is 9.84 Å². The number of rotatable bonds is 5. The smallest absolute Gasteiger partial charge is 0.314 e. The Morgan fingerprint density at radius 3 is 2.29 bits per heavy atom. The average molecular weight is 311 g/mol. The first-order valence-electron chi connectivity index (χ1n) is 7.02. The van der Waals surface area contributed by atoms with Crippen molar-refractivity contribution < 1.29 is 18.3 Å². The molecule has 0 spiro atoms. The van der Waals surface area contributed by atoms with Gasteiger partial charge in [0.05, 0.1) is 11.2 Å². The van der Waals surface area contributed by atoms with Crippen LogP contribution in [-0.2, 0) is 20.0 Å². The van der Waals surface area contributed by atoms with Gasteiger partial charge in [-0.15, -0.1) is 0 Å². The molecule has 0 aliphatic carbocycles. The van der Waals surface area contributed by atoms with Crippen LogP contribution in [0.4, 0.5) is 0 Å². The van der Waals surface area contributed by atoms with Crippen molar-refractivity contribution in [2.45, 2.75) is 18.3 Å². The van der Waals surface area contributed by atoms with Crippen LogP contribution in [-0.4, -0.2) is 56.0 Å². The van der Waals surface area contributed by atoms with Crippen LogP contribution in [0.2, 0.25) is 0 Å². The number of aliphatic carboxylic acids is 1. The van der Waals surface area contributed by atoms with Crippen LogP contribution in [0.15, 0.2) is 30.3 Å². The molecule has 1 aliphatic rings. The van der Waals surface area contributed by atoms with Crippen molar-refractivity contribution in [3.05, 3.63) is 35.9 Å². The lowest BCUT2D eigenvalue weighted by Gasteiger charge is -2.39. The highest BCUT2D eigenvalue weighted by Crippen LogP contribution is 2.35. The zero-order valence-electron chi connectivity index (χ0n) is 12.2. The minimum Gasteiger partial charge on any atom is -0.481 e. The second kappa shape index (κ2) is 6.15. The van der Waals surface area contributed by atoms with Gasteiger partial charge in [0.15, 0.2) is 0 Å². The maximum absolute atomic E-state index is 11.8. The third-order valence-electron chi connectivity index (χ3n) is 4.22. The van der Waals surface area contributed by atoms with Gasteiger partial charge in [-0.1, -0.05) is 30.3 Å². The number of nitrogens with zero attached hydrogens (tertiary/aromatic N) is 1. The highest BCUT2D eigenvalue weighted by atomic mass is 32.2. The van der Waals surface area contributed by atoms with Crippen molar-refractivity contribution in [3.8, 4) is 0 Å². The lowest BCUT2D eigenvalue weighted by molar-refractivity contribution is -0.146. The molecule has 0 saturated carbocycles. The Morgan fingerprint density at radius 1 is 1.24 bits per heavy atom. The summed E-state index contributed by atoms with van der Waals surface area (Å²) in [5.41, 5.74) is -0.0108. The fourth-order valence-corrected chi connectivity index (χ4v) is 3.43. The summed E-state index contributed by atoms with van der Waals surface area (Å²) in [6.07, 6.45) is 2.24. The van der Waals surface area contributed by atoms with Gasteiger partial charge in [0.25, 0.3) is 0 Å². The molecule has 0 amide bonds. The van der Waals surface area contributed by atoms with Gasteiger partial charge < -0.3 is 10.0 Å². The minimum absolute atomic E-state index is 0.123. The summed E-state index contributed by atoms with van der Waals surface area (Å²) >= 11 is 0. The summed E-state index contributed by atoms with van der Waals surface area (Å²) in [5, 5.41) is 9.67.